The molecule has 2 aliphatic carbocycles. The van der Waals surface area contributed by atoms with Gasteiger partial charge in [0.05, 0.1) is 4.90 Å². The number of fused-ring (bicyclic) bond motifs is 2. The van der Waals surface area contributed by atoms with Crippen molar-refractivity contribution in [3.63, 3.8) is 0 Å². The van der Waals surface area contributed by atoms with Crippen molar-refractivity contribution in [2.24, 2.45) is 11.8 Å². The summed E-state index contributed by atoms with van der Waals surface area (Å²) >= 11 is 0. The SMILES string of the molecule is Cc1ccc(C)c(S(=O)(=O)N[C@@H]2C[C@@H]3CC[C@@H]2C3)c1. The highest BCUT2D eigenvalue weighted by Crippen LogP contribution is 2.44. The Hall–Kier alpha value is -0.870. The summed E-state index contributed by atoms with van der Waals surface area (Å²) in [6.45, 7) is 3.78. The van der Waals surface area contributed by atoms with E-state index in [-0.39, 0.29) is 6.04 Å². The molecular formula is C15H21NO2S. The van der Waals surface area contributed by atoms with Crippen LogP contribution in [0.5, 0.6) is 0 Å². The first kappa shape index (κ1) is 13.1. The predicted octanol–water partition coefficient (Wildman–Crippen LogP) is 2.77. The Bertz CT molecular complexity index is 594. The van der Waals surface area contributed by atoms with Crippen molar-refractivity contribution in [2.75, 3.05) is 0 Å². The Balaban J connectivity index is 1.85. The summed E-state index contributed by atoms with van der Waals surface area (Å²) in [4.78, 5) is 0.440. The lowest BCUT2D eigenvalue weighted by Gasteiger charge is -2.23. The Kier molecular flexibility index (Phi) is 3.18. The Morgan fingerprint density at radius 1 is 1.16 bits per heavy atom. The molecule has 0 amide bonds. The molecular weight excluding hydrogens is 258 g/mol. The molecule has 3 nitrogen and oxygen atoms in total. The molecule has 0 aromatic heterocycles. The van der Waals surface area contributed by atoms with E-state index in [1.54, 1.807) is 6.07 Å². The molecule has 0 aliphatic heterocycles. The Morgan fingerprint density at radius 2 is 1.95 bits per heavy atom. The molecule has 19 heavy (non-hydrogen) atoms. The van der Waals surface area contributed by atoms with Gasteiger partial charge in [-0.15, -0.1) is 0 Å². The van der Waals surface area contributed by atoms with Gasteiger partial charge in [-0.2, -0.15) is 0 Å². The van der Waals surface area contributed by atoms with E-state index in [0.717, 1.165) is 23.5 Å². The van der Waals surface area contributed by atoms with Gasteiger partial charge in [0.15, 0.2) is 0 Å². The van der Waals surface area contributed by atoms with Crippen LogP contribution in [0.3, 0.4) is 0 Å². The number of sulfonamides is 1. The summed E-state index contributed by atoms with van der Waals surface area (Å²) < 4.78 is 28.0. The zero-order valence-corrected chi connectivity index (χ0v) is 12.3. The number of nitrogens with one attached hydrogen (secondary N) is 1. The summed E-state index contributed by atoms with van der Waals surface area (Å²) in [6.07, 6.45) is 4.70. The summed E-state index contributed by atoms with van der Waals surface area (Å²) in [6, 6.07) is 5.75. The minimum Gasteiger partial charge on any atom is -0.208 e. The summed E-state index contributed by atoms with van der Waals surface area (Å²) in [5, 5.41) is 0. The smallest absolute Gasteiger partial charge is 0.208 e. The normalized spacial score (nSPS) is 29.9. The number of aryl methyl sites for hydroxylation is 2. The van der Waals surface area contributed by atoms with Gasteiger partial charge in [0.2, 0.25) is 10.0 Å². The summed E-state index contributed by atoms with van der Waals surface area (Å²) in [7, 11) is -3.37. The zero-order valence-electron chi connectivity index (χ0n) is 11.5. The first-order valence-corrected chi connectivity index (χ1v) is 8.53. The molecule has 1 aromatic rings. The number of hydrogen-bond donors (Lipinski definition) is 1. The number of benzene rings is 1. The fourth-order valence-corrected chi connectivity index (χ4v) is 5.30. The minimum absolute atomic E-state index is 0.156. The second kappa shape index (κ2) is 4.60. The third-order valence-electron chi connectivity index (χ3n) is 4.68. The highest BCUT2D eigenvalue weighted by atomic mass is 32.2. The van der Waals surface area contributed by atoms with Crippen LogP contribution in [0.4, 0.5) is 0 Å². The molecule has 2 aliphatic rings. The third-order valence-corrected chi connectivity index (χ3v) is 6.31. The first-order valence-electron chi connectivity index (χ1n) is 7.05. The van der Waals surface area contributed by atoms with E-state index in [0.29, 0.717) is 10.8 Å². The van der Waals surface area contributed by atoms with E-state index in [4.69, 9.17) is 0 Å². The maximum absolute atomic E-state index is 12.5. The van der Waals surface area contributed by atoms with E-state index in [9.17, 15) is 8.42 Å². The number of rotatable bonds is 3. The van der Waals surface area contributed by atoms with Crippen LogP contribution < -0.4 is 4.72 Å². The van der Waals surface area contributed by atoms with Crippen molar-refractivity contribution in [1.29, 1.82) is 0 Å². The lowest BCUT2D eigenvalue weighted by atomic mass is 9.96. The highest BCUT2D eigenvalue weighted by molar-refractivity contribution is 7.89. The van der Waals surface area contributed by atoms with Crippen LogP contribution in [-0.2, 0) is 10.0 Å². The van der Waals surface area contributed by atoms with Gasteiger partial charge in [-0.3, -0.25) is 0 Å². The molecule has 4 heteroatoms. The van der Waals surface area contributed by atoms with Crippen molar-refractivity contribution in [3.05, 3.63) is 29.3 Å². The molecule has 0 spiro atoms. The molecule has 2 saturated carbocycles. The van der Waals surface area contributed by atoms with Crippen LogP contribution in [-0.4, -0.2) is 14.5 Å². The molecule has 3 rings (SSSR count). The molecule has 104 valence electrons. The monoisotopic (exact) mass is 279 g/mol. The average molecular weight is 279 g/mol. The quantitative estimate of drug-likeness (QED) is 0.924. The molecule has 1 aromatic carbocycles. The van der Waals surface area contributed by atoms with E-state index in [2.05, 4.69) is 4.72 Å². The van der Waals surface area contributed by atoms with E-state index in [1.165, 1.54) is 19.3 Å². The first-order chi connectivity index (χ1) is 8.95. The lowest BCUT2D eigenvalue weighted by Crippen LogP contribution is -2.38. The molecule has 2 fully saturated rings. The van der Waals surface area contributed by atoms with Gasteiger partial charge >= 0.3 is 0 Å². The highest BCUT2D eigenvalue weighted by Gasteiger charge is 2.41. The van der Waals surface area contributed by atoms with Crippen LogP contribution in [0.15, 0.2) is 23.1 Å². The van der Waals surface area contributed by atoms with Crippen LogP contribution >= 0.6 is 0 Å². The van der Waals surface area contributed by atoms with Gasteiger partial charge < -0.3 is 0 Å². The molecule has 0 saturated heterocycles. The topological polar surface area (TPSA) is 46.2 Å². The minimum atomic E-state index is -3.37. The predicted molar refractivity (Wildman–Crippen MR) is 75.5 cm³/mol. The zero-order chi connectivity index (χ0) is 13.6. The van der Waals surface area contributed by atoms with Gasteiger partial charge in [-0.1, -0.05) is 18.6 Å². The second-order valence-electron chi connectivity index (χ2n) is 6.17. The second-order valence-corrected chi connectivity index (χ2v) is 7.85. The van der Waals surface area contributed by atoms with Gasteiger partial charge in [-0.25, -0.2) is 13.1 Å². The van der Waals surface area contributed by atoms with Crippen molar-refractivity contribution < 1.29 is 8.42 Å². The fraction of sp³-hybridized carbons (Fsp3) is 0.600. The van der Waals surface area contributed by atoms with Crippen LogP contribution in [0.2, 0.25) is 0 Å². The average Bonchev–Trinajstić information content (AvgIpc) is 2.93. The van der Waals surface area contributed by atoms with E-state index >= 15 is 0 Å². The van der Waals surface area contributed by atoms with Crippen molar-refractivity contribution >= 4 is 10.0 Å². The largest absolute Gasteiger partial charge is 0.241 e. The maximum atomic E-state index is 12.5. The van der Waals surface area contributed by atoms with Crippen LogP contribution in [0.25, 0.3) is 0 Å². The van der Waals surface area contributed by atoms with Crippen molar-refractivity contribution in [3.8, 4) is 0 Å². The molecule has 2 bridgehead atoms. The summed E-state index contributed by atoms with van der Waals surface area (Å²) in [5.74, 6) is 1.31. The molecule has 3 atom stereocenters. The number of hydrogen-bond acceptors (Lipinski definition) is 2. The van der Waals surface area contributed by atoms with E-state index < -0.39 is 10.0 Å². The van der Waals surface area contributed by atoms with Gasteiger partial charge in [0.1, 0.15) is 0 Å². The fourth-order valence-electron chi connectivity index (χ4n) is 3.65. The Labute approximate surface area is 115 Å². The van der Waals surface area contributed by atoms with Gasteiger partial charge in [0.25, 0.3) is 0 Å². The molecule has 0 heterocycles. The third kappa shape index (κ3) is 2.43. The van der Waals surface area contributed by atoms with Crippen molar-refractivity contribution in [2.45, 2.75) is 50.5 Å². The van der Waals surface area contributed by atoms with Gasteiger partial charge in [-0.05, 0) is 62.1 Å². The van der Waals surface area contributed by atoms with Gasteiger partial charge in [0, 0.05) is 6.04 Å². The summed E-state index contributed by atoms with van der Waals surface area (Å²) in [5.41, 5.74) is 1.81. The van der Waals surface area contributed by atoms with Crippen LogP contribution in [0, 0.1) is 25.7 Å². The Morgan fingerprint density at radius 3 is 2.58 bits per heavy atom. The molecule has 1 N–H and O–H groups in total. The lowest BCUT2D eigenvalue weighted by molar-refractivity contribution is 0.390. The molecule has 0 unspecified atom stereocenters. The molecule has 0 radical (unpaired) electrons. The maximum Gasteiger partial charge on any atom is 0.241 e. The standard InChI is InChI=1S/C15H21NO2S/c1-10-3-4-11(2)15(7-10)19(17,18)16-14-9-12-5-6-13(14)8-12/h3-4,7,12-14,16H,5-6,8-9H2,1-2H3/t12-,13-,14-/m1/s1. The van der Waals surface area contributed by atoms with Crippen LogP contribution in [0.1, 0.15) is 36.8 Å². The van der Waals surface area contributed by atoms with E-state index in [1.807, 2.05) is 26.0 Å². The van der Waals surface area contributed by atoms with Crippen molar-refractivity contribution in [1.82, 2.24) is 4.72 Å².